The van der Waals surface area contributed by atoms with Crippen molar-refractivity contribution in [1.29, 1.82) is 0 Å². The van der Waals surface area contributed by atoms with Crippen LogP contribution in [0.15, 0.2) is 12.7 Å². The standard InChI is InChI=1S/C13H29NO2SSi/c1-8-10-11-12(9-2)17(15,16)14-18(6,7)13(3,4)5/h8,12,14H,1,9-11H2,2-7H3/t12-/m1/s1. The monoisotopic (exact) mass is 291 g/mol. The van der Waals surface area contributed by atoms with Gasteiger partial charge in [0.15, 0.2) is 0 Å². The zero-order valence-corrected chi connectivity index (χ0v) is 14.5. The Hall–Kier alpha value is -0.133. The van der Waals surface area contributed by atoms with Crippen LogP contribution in [-0.4, -0.2) is 21.9 Å². The molecule has 0 bridgehead atoms. The zero-order chi connectivity index (χ0) is 14.6. The van der Waals surface area contributed by atoms with Gasteiger partial charge in [0.2, 0.25) is 10.0 Å². The topological polar surface area (TPSA) is 46.2 Å². The fraction of sp³-hybridized carbons (Fsp3) is 0.846. The summed E-state index contributed by atoms with van der Waals surface area (Å²) in [4.78, 5) is 0. The second-order valence-corrected chi connectivity index (χ2v) is 13.7. The third-order valence-corrected chi connectivity index (χ3v) is 12.2. The van der Waals surface area contributed by atoms with Gasteiger partial charge in [-0.25, -0.2) is 12.8 Å². The van der Waals surface area contributed by atoms with Gasteiger partial charge in [0.1, 0.15) is 8.24 Å². The molecule has 0 aliphatic rings. The Morgan fingerprint density at radius 2 is 1.83 bits per heavy atom. The minimum absolute atomic E-state index is 0.0107. The van der Waals surface area contributed by atoms with Crippen molar-refractivity contribution in [3.05, 3.63) is 12.7 Å². The van der Waals surface area contributed by atoms with E-state index in [1.165, 1.54) is 0 Å². The molecule has 0 aliphatic carbocycles. The van der Waals surface area contributed by atoms with Crippen LogP contribution < -0.4 is 4.39 Å². The number of rotatable bonds is 7. The summed E-state index contributed by atoms with van der Waals surface area (Å²) >= 11 is 0. The Balaban J connectivity index is 4.99. The first-order valence-electron chi connectivity index (χ1n) is 6.61. The minimum Gasteiger partial charge on any atom is -0.237 e. The van der Waals surface area contributed by atoms with Crippen molar-refractivity contribution < 1.29 is 8.42 Å². The lowest BCUT2D eigenvalue weighted by atomic mass is 10.2. The lowest BCUT2D eigenvalue weighted by Crippen LogP contribution is -2.56. The highest BCUT2D eigenvalue weighted by Gasteiger charge is 2.40. The number of sulfonamides is 1. The Labute approximate surface area is 114 Å². The minimum atomic E-state index is -3.22. The fourth-order valence-electron chi connectivity index (χ4n) is 1.47. The Morgan fingerprint density at radius 3 is 2.17 bits per heavy atom. The highest BCUT2D eigenvalue weighted by Crippen LogP contribution is 2.34. The number of nitrogens with one attached hydrogen (secondary N) is 1. The maximum atomic E-state index is 12.4. The molecule has 0 saturated heterocycles. The number of allylic oxidation sites excluding steroid dienone is 1. The molecule has 1 atom stereocenters. The molecule has 0 unspecified atom stereocenters. The van der Waals surface area contributed by atoms with Crippen LogP contribution in [0.25, 0.3) is 0 Å². The van der Waals surface area contributed by atoms with E-state index >= 15 is 0 Å². The summed E-state index contributed by atoms with van der Waals surface area (Å²) < 4.78 is 27.8. The van der Waals surface area contributed by atoms with Crippen LogP contribution in [0.1, 0.15) is 47.0 Å². The highest BCUT2D eigenvalue weighted by molar-refractivity contribution is 7.91. The van der Waals surface area contributed by atoms with Crippen LogP contribution in [0, 0.1) is 0 Å². The average Bonchev–Trinajstić information content (AvgIpc) is 2.14. The maximum Gasteiger partial charge on any atom is 0.208 e. The molecule has 108 valence electrons. The third kappa shape index (κ3) is 4.86. The molecule has 0 aromatic heterocycles. The van der Waals surface area contributed by atoms with Crippen molar-refractivity contribution in [2.45, 2.75) is 70.3 Å². The van der Waals surface area contributed by atoms with Crippen molar-refractivity contribution in [3.63, 3.8) is 0 Å². The van der Waals surface area contributed by atoms with Gasteiger partial charge in [-0.2, -0.15) is 0 Å². The third-order valence-electron chi connectivity index (χ3n) is 3.86. The van der Waals surface area contributed by atoms with Crippen LogP contribution in [0.5, 0.6) is 0 Å². The molecule has 0 fully saturated rings. The SMILES string of the molecule is C=CCC[C@@H](CC)S(=O)(=O)N[Si](C)(C)C(C)(C)C. The van der Waals surface area contributed by atoms with Crippen LogP contribution in [0.4, 0.5) is 0 Å². The predicted octanol–water partition coefficient (Wildman–Crippen LogP) is 3.66. The summed E-state index contributed by atoms with van der Waals surface area (Å²) in [7, 11) is -5.24. The first-order chi connectivity index (χ1) is 7.98. The summed E-state index contributed by atoms with van der Waals surface area (Å²) in [6, 6.07) is 0. The van der Waals surface area contributed by atoms with Gasteiger partial charge in [-0.15, -0.1) is 6.58 Å². The smallest absolute Gasteiger partial charge is 0.208 e. The second-order valence-electron chi connectivity index (χ2n) is 6.42. The molecule has 0 aromatic carbocycles. The molecule has 0 aromatic rings. The fourth-order valence-corrected chi connectivity index (χ4v) is 7.10. The summed E-state index contributed by atoms with van der Waals surface area (Å²) in [6.07, 6.45) is 3.84. The Morgan fingerprint density at radius 1 is 1.33 bits per heavy atom. The molecule has 0 rings (SSSR count). The van der Waals surface area contributed by atoms with Crippen molar-refractivity contribution in [2.75, 3.05) is 0 Å². The number of hydrogen-bond donors (Lipinski definition) is 1. The molecule has 18 heavy (non-hydrogen) atoms. The van der Waals surface area contributed by atoms with Gasteiger partial charge in [-0.05, 0) is 24.3 Å². The first kappa shape index (κ1) is 17.9. The van der Waals surface area contributed by atoms with Gasteiger partial charge in [-0.3, -0.25) is 0 Å². The summed E-state index contributed by atoms with van der Waals surface area (Å²) in [6.45, 7) is 16.0. The van der Waals surface area contributed by atoms with Crippen molar-refractivity contribution in [2.24, 2.45) is 0 Å². The molecule has 3 nitrogen and oxygen atoms in total. The molecule has 0 aliphatic heterocycles. The van der Waals surface area contributed by atoms with E-state index in [1.807, 2.05) is 6.92 Å². The van der Waals surface area contributed by atoms with Crippen LogP contribution in [0.2, 0.25) is 18.1 Å². The predicted molar refractivity (Wildman–Crippen MR) is 82.8 cm³/mol. The Kier molecular flexibility index (Phi) is 6.30. The highest BCUT2D eigenvalue weighted by atomic mass is 32.2. The molecule has 0 radical (unpaired) electrons. The maximum absolute atomic E-state index is 12.4. The molecule has 1 N–H and O–H groups in total. The largest absolute Gasteiger partial charge is 0.237 e. The Bertz CT molecular complexity index is 369. The van der Waals surface area contributed by atoms with Crippen molar-refractivity contribution in [1.82, 2.24) is 4.39 Å². The normalized spacial score (nSPS) is 15.4. The van der Waals surface area contributed by atoms with Gasteiger partial charge >= 0.3 is 0 Å². The summed E-state index contributed by atoms with van der Waals surface area (Å²) in [5, 5.41) is -0.291. The molecule has 0 heterocycles. The van der Waals surface area contributed by atoms with E-state index in [0.29, 0.717) is 12.8 Å². The van der Waals surface area contributed by atoms with E-state index in [4.69, 9.17) is 0 Å². The molecule has 5 heteroatoms. The lowest BCUT2D eigenvalue weighted by molar-refractivity contribution is 0.561. The van der Waals surface area contributed by atoms with E-state index in [9.17, 15) is 8.42 Å². The van der Waals surface area contributed by atoms with E-state index in [1.54, 1.807) is 6.08 Å². The molecule has 0 amide bonds. The lowest BCUT2D eigenvalue weighted by Gasteiger charge is -2.37. The second kappa shape index (κ2) is 6.35. The van der Waals surface area contributed by atoms with Crippen LogP contribution in [-0.2, 0) is 10.0 Å². The van der Waals surface area contributed by atoms with Crippen molar-refractivity contribution >= 4 is 18.3 Å². The van der Waals surface area contributed by atoms with Gasteiger partial charge in [0.25, 0.3) is 0 Å². The molecular formula is C13H29NO2SSi. The average molecular weight is 292 g/mol. The summed E-state index contributed by atoms with van der Waals surface area (Å²) in [5.41, 5.74) is 0. The zero-order valence-electron chi connectivity index (χ0n) is 12.7. The van der Waals surface area contributed by atoms with Gasteiger partial charge in [0, 0.05) is 0 Å². The van der Waals surface area contributed by atoms with Gasteiger partial charge < -0.3 is 0 Å². The van der Waals surface area contributed by atoms with E-state index in [0.717, 1.165) is 6.42 Å². The van der Waals surface area contributed by atoms with E-state index in [2.05, 4.69) is 44.8 Å². The quantitative estimate of drug-likeness (QED) is 0.575. The molecular weight excluding hydrogens is 262 g/mol. The van der Waals surface area contributed by atoms with Crippen molar-refractivity contribution in [3.8, 4) is 0 Å². The molecule has 0 saturated carbocycles. The first-order valence-corrected chi connectivity index (χ1v) is 11.2. The number of hydrogen-bond acceptors (Lipinski definition) is 2. The van der Waals surface area contributed by atoms with Gasteiger partial charge in [0.05, 0.1) is 5.25 Å². The molecule has 0 spiro atoms. The van der Waals surface area contributed by atoms with E-state index in [-0.39, 0.29) is 10.3 Å². The van der Waals surface area contributed by atoms with Crippen LogP contribution >= 0.6 is 0 Å². The van der Waals surface area contributed by atoms with Gasteiger partial charge in [-0.1, -0.05) is 46.9 Å². The summed E-state index contributed by atoms with van der Waals surface area (Å²) in [5.74, 6) is 0. The van der Waals surface area contributed by atoms with E-state index < -0.39 is 18.3 Å². The van der Waals surface area contributed by atoms with Crippen LogP contribution in [0.3, 0.4) is 0 Å².